The number of carbonyl (C=O) groups excluding carboxylic acids is 1. The van der Waals surface area contributed by atoms with Crippen molar-refractivity contribution >= 4 is 11.9 Å². The number of aryl methyl sites for hydroxylation is 1. The molecule has 1 amide bonds. The predicted octanol–water partition coefficient (Wildman–Crippen LogP) is 3.10. The van der Waals surface area contributed by atoms with Gasteiger partial charge in [-0.3, -0.25) is 4.79 Å². The Balaban J connectivity index is 1.85. The van der Waals surface area contributed by atoms with E-state index in [1.165, 1.54) is 12.1 Å². The molecule has 1 fully saturated rings. The zero-order valence-electron chi connectivity index (χ0n) is 12.6. The average Bonchev–Trinajstić information content (AvgIpc) is 3.15. The molecule has 2 N–H and O–H groups in total. The molecular weight excluding hydrogens is 301 g/mol. The van der Waals surface area contributed by atoms with Crippen molar-refractivity contribution in [1.82, 2.24) is 5.32 Å². The lowest BCUT2D eigenvalue weighted by molar-refractivity contribution is 0.0694. The summed E-state index contributed by atoms with van der Waals surface area (Å²) in [4.78, 5) is 23.5. The first-order chi connectivity index (χ1) is 11.0. The van der Waals surface area contributed by atoms with E-state index in [0.717, 1.165) is 0 Å². The van der Waals surface area contributed by atoms with Crippen molar-refractivity contribution in [2.24, 2.45) is 0 Å². The highest BCUT2D eigenvalue weighted by molar-refractivity contribution is 5.96. The number of nitrogens with one attached hydrogen (secondary N) is 1. The highest BCUT2D eigenvalue weighted by atomic mass is 19.1. The molecule has 0 bridgehead atoms. The van der Waals surface area contributed by atoms with Gasteiger partial charge in [0.1, 0.15) is 17.1 Å². The van der Waals surface area contributed by atoms with Crippen LogP contribution >= 0.6 is 0 Å². The summed E-state index contributed by atoms with van der Waals surface area (Å²) in [5.41, 5.74) is -0.312. The maximum Gasteiger partial charge on any atom is 0.339 e. The van der Waals surface area contributed by atoms with Gasteiger partial charge in [-0.25, -0.2) is 9.18 Å². The molecule has 6 heteroatoms. The molecule has 0 unspecified atom stereocenters. The Hall–Kier alpha value is -2.63. The Morgan fingerprint density at radius 1 is 1.35 bits per heavy atom. The second-order valence-electron chi connectivity index (χ2n) is 5.62. The third-order valence-electron chi connectivity index (χ3n) is 4.08. The Bertz CT molecular complexity index is 777. The van der Waals surface area contributed by atoms with E-state index in [2.05, 4.69) is 5.32 Å². The summed E-state index contributed by atoms with van der Waals surface area (Å²) in [7, 11) is 0. The second kappa shape index (κ2) is 5.53. The minimum atomic E-state index is -1.14. The van der Waals surface area contributed by atoms with E-state index in [9.17, 15) is 14.0 Å². The molecule has 2 aromatic rings. The van der Waals surface area contributed by atoms with Crippen LogP contribution in [-0.2, 0) is 12.0 Å². The van der Waals surface area contributed by atoms with Crippen LogP contribution in [0.4, 0.5) is 4.39 Å². The fourth-order valence-electron chi connectivity index (χ4n) is 2.70. The summed E-state index contributed by atoms with van der Waals surface area (Å²) in [5.74, 6) is -1.86. The SMILES string of the molecule is CCc1oc(C(=O)NC2(c3ccccc3F)CC2)cc1C(=O)O. The van der Waals surface area contributed by atoms with E-state index in [0.29, 0.717) is 24.8 Å². The van der Waals surface area contributed by atoms with Gasteiger partial charge >= 0.3 is 5.97 Å². The minimum absolute atomic E-state index is 0.0200. The molecule has 120 valence electrons. The maximum absolute atomic E-state index is 14.0. The van der Waals surface area contributed by atoms with Crippen molar-refractivity contribution in [2.45, 2.75) is 31.7 Å². The monoisotopic (exact) mass is 317 g/mol. The van der Waals surface area contributed by atoms with Crippen molar-refractivity contribution in [3.05, 3.63) is 58.8 Å². The number of benzene rings is 1. The van der Waals surface area contributed by atoms with Gasteiger partial charge in [0.05, 0.1) is 5.54 Å². The number of rotatable bonds is 5. The van der Waals surface area contributed by atoms with Gasteiger partial charge in [-0.2, -0.15) is 0 Å². The van der Waals surface area contributed by atoms with E-state index in [4.69, 9.17) is 9.52 Å². The Morgan fingerprint density at radius 2 is 2.04 bits per heavy atom. The summed E-state index contributed by atoms with van der Waals surface area (Å²) in [6.45, 7) is 1.74. The summed E-state index contributed by atoms with van der Waals surface area (Å²) in [5, 5.41) is 11.9. The third kappa shape index (κ3) is 2.72. The maximum atomic E-state index is 14.0. The summed E-state index contributed by atoms with van der Waals surface area (Å²) < 4.78 is 19.3. The third-order valence-corrected chi connectivity index (χ3v) is 4.08. The van der Waals surface area contributed by atoms with Crippen LogP contribution in [0.3, 0.4) is 0 Å². The number of furan rings is 1. The first kappa shape index (κ1) is 15.3. The van der Waals surface area contributed by atoms with Gasteiger partial charge < -0.3 is 14.8 Å². The molecule has 1 heterocycles. The molecular formula is C17H16FNO4. The van der Waals surface area contributed by atoms with Gasteiger partial charge in [-0.05, 0) is 18.9 Å². The largest absolute Gasteiger partial charge is 0.478 e. The number of hydrogen-bond acceptors (Lipinski definition) is 3. The predicted molar refractivity (Wildman–Crippen MR) is 79.8 cm³/mol. The van der Waals surface area contributed by atoms with Crippen molar-refractivity contribution < 1.29 is 23.5 Å². The van der Waals surface area contributed by atoms with Gasteiger partial charge in [-0.15, -0.1) is 0 Å². The normalized spacial score (nSPS) is 15.2. The fourth-order valence-corrected chi connectivity index (χ4v) is 2.70. The van der Waals surface area contributed by atoms with Crippen LogP contribution < -0.4 is 5.32 Å². The smallest absolute Gasteiger partial charge is 0.339 e. The Kier molecular flexibility index (Phi) is 3.67. The van der Waals surface area contributed by atoms with Gasteiger partial charge in [0.2, 0.25) is 0 Å². The van der Waals surface area contributed by atoms with Crippen LogP contribution in [0, 0.1) is 5.82 Å². The van der Waals surface area contributed by atoms with E-state index in [1.807, 2.05) is 0 Å². The Labute approximate surface area is 132 Å². The zero-order valence-corrected chi connectivity index (χ0v) is 12.6. The number of aromatic carboxylic acids is 1. The highest BCUT2D eigenvalue weighted by Gasteiger charge is 2.47. The minimum Gasteiger partial charge on any atom is -0.478 e. The molecule has 0 saturated heterocycles. The van der Waals surface area contributed by atoms with Crippen LogP contribution in [0.1, 0.15) is 52.0 Å². The van der Waals surface area contributed by atoms with Crippen molar-refractivity contribution in [1.29, 1.82) is 0 Å². The van der Waals surface area contributed by atoms with Crippen molar-refractivity contribution in [2.75, 3.05) is 0 Å². The lowest BCUT2D eigenvalue weighted by atomic mass is 10.0. The number of amides is 1. The molecule has 23 heavy (non-hydrogen) atoms. The van der Waals surface area contributed by atoms with Gasteiger partial charge in [0.25, 0.3) is 5.91 Å². The molecule has 0 radical (unpaired) electrons. The van der Waals surface area contributed by atoms with Crippen LogP contribution in [-0.4, -0.2) is 17.0 Å². The summed E-state index contributed by atoms with van der Waals surface area (Å²) in [6, 6.07) is 7.52. The molecule has 5 nitrogen and oxygen atoms in total. The molecule has 1 aromatic heterocycles. The molecule has 1 aromatic carbocycles. The first-order valence-corrected chi connectivity index (χ1v) is 7.40. The molecule has 1 saturated carbocycles. The van der Waals surface area contributed by atoms with E-state index in [-0.39, 0.29) is 22.9 Å². The first-order valence-electron chi connectivity index (χ1n) is 7.40. The van der Waals surface area contributed by atoms with Crippen LogP contribution in [0.5, 0.6) is 0 Å². The van der Waals surface area contributed by atoms with E-state index >= 15 is 0 Å². The van der Waals surface area contributed by atoms with Crippen LogP contribution in [0.25, 0.3) is 0 Å². The molecule has 1 aliphatic carbocycles. The molecule has 0 aliphatic heterocycles. The van der Waals surface area contributed by atoms with Gasteiger partial charge in [-0.1, -0.05) is 25.1 Å². The Morgan fingerprint density at radius 3 is 2.57 bits per heavy atom. The number of halogens is 1. The highest BCUT2D eigenvalue weighted by Crippen LogP contribution is 2.46. The number of carbonyl (C=O) groups is 2. The number of hydrogen-bond donors (Lipinski definition) is 2. The molecule has 0 spiro atoms. The van der Waals surface area contributed by atoms with Crippen molar-refractivity contribution in [3.8, 4) is 0 Å². The fraction of sp³-hybridized carbons (Fsp3) is 0.294. The van der Waals surface area contributed by atoms with Gasteiger partial charge in [0, 0.05) is 18.1 Å². The van der Waals surface area contributed by atoms with E-state index in [1.54, 1.807) is 25.1 Å². The molecule has 3 rings (SSSR count). The topological polar surface area (TPSA) is 79.5 Å². The standard InChI is InChI=1S/C17H16FNO4/c1-2-13-10(16(21)22)9-14(23-13)15(20)19-17(7-8-17)11-5-3-4-6-12(11)18/h3-6,9H,2,7-8H2,1H3,(H,19,20)(H,21,22). The number of carboxylic acids is 1. The lowest BCUT2D eigenvalue weighted by Crippen LogP contribution is -2.35. The average molecular weight is 317 g/mol. The van der Waals surface area contributed by atoms with Crippen LogP contribution in [0.15, 0.2) is 34.7 Å². The lowest BCUT2D eigenvalue weighted by Gasteiger charge is -2.17. The molecule has 1 aliphatic rings. The quantitative estimate of drug-likeness (QED) is 0.888. The van der Waals surface area contributed by atoms with Crippen LogP contribution in [0.2, 0.25) is 0 Å². The zero-order chi connectivity index (χ0) is 16.6. The van der Waals surface area contributed by atoms with E-state index < -0.39 is 17.4 Å². The van der Waals surface area contributed by atoms with Crippen molar-refractivity contribution in [3.63, 3.8) is 0 Å². The second-order valence-corrected chi connectivity index (χ2v) is 5.62. The number of carboxylic acid groups (broad SMARTS) is 1. The summed E-state index contributed by atoms with van der Waals surface area (Å²) >= 11 is 0. The summed E-state index contributed by atoms with van der Waals surface area (Å²) in [6.07, 6.45) is 1.63. The molecule has 0 atom stereocenters. The van der Waals surface area contributed by atoms with Gasteiger partial charge in [0.15, 0.2) is 5.76 Å².